The molecule has 138 valence electrons. The molecular formula is C23H24N2O2. The lowest BCUT2D eigenvalue weighted by atomic mass is 9.99. The van der Waals surface area contributed by atoms with Gasteiger partial charge in [-0.25, -0.2) is 0 Å². The molecule has 0 N–H and O–H groups in total. The van der Waals surface area contributed by atoms with Gasteiger partial charge in [0.1, 0.15) is 0 Å². The zero-order valence-electron chi connectivity index (χ0n) is 15.6. The number of nitrogens with zero attached hydrogens (tertiary/aromatic N) is 2. The molecule has 0 bridgehead atoms. The van der Waals surface area contributed by atoms with Gasteiger partial charge < -0.3 is 9.80 Å². The number of carbonyl (C=O) groups is 2. The number of carbonyl (C=O) groups excluding carboxylic acids is 2. The minimum Gasteiger partial charge on any atom is -0.338 e. The SMILES string of the molecule is CC1Cc2ccccc2N1C(=O)C1CC1C(=O)N1CCc2ccccc2C1. The first-order chi connectivity index (χ1) is 13.1. The predicted octanol–water partition coefficient (Wildman–Crippen LogP) is 3.19. The Morgan fingerprint density at radius 1 is 0.889 bits per heavy atom. The molecule has 1 fully saturated rings. The average molecular weight is 360 g/mol. The van der Waals surface area contributed by atoms with Crippen LogP contribution in [0.3, 0.4) is 0 Å². The largest absolute Gasteiger partial charge is 0.338 e. The Morgan fingerprint density at radius 3 is 2.37 bits per heavy atom. The summed E-state index contributed by atoms with van der Waals surface area (Å²) in [6, 6.07) is 16.6. The van der Waals surface area contributed by atoms with Gasteiger partial charge in [0.2, 0.25) is 11.8 Å². The number of hydrogen-bond acceptors (Lipinski definition) is 2. The van der Waals surface area contributed by atoms with E-state index in [1.54, 1.807) is 0 Å². The molecule has 1 aliphatic carbocycles. The molecule has 1 saturated carbocycles. The zero-order chi connectivity index (χ0) is 18.5. The van der Waals surface area contributed by atoms with E-state index < -0.39 is 0 Å². The topological polar surface area (TPSA) is 40.6 Å². The quantitative estimate of drug-likeness (QED) is 0.825. The number of amides is 2. The summed E-state index contributed by atoms with van der Waals surface area (Å²) < 4.78 is 0. The van der Waals surface area contributed by atoms with Gasteiger partial charge in [-0.3, -0.25) is 9.59 Å². The third-order valence-corrected chi connectivity index (χ3v) is 6.31. The second-order valence-corrected chi connectivity index (χ2v) is 8.12. The first kappa shape index (κ1) is 16.5. The van der Waals surface area contributed by atoms with Gasteiger partial charge in [-0.05, 0) is 48.9 Å². The lowest BCUT2D eigenvalue weighted by Crippen LogP contribution is -2.40. The van der Waals surface area contributed by atoms with Gasteiger partial charge in [-0.2, -0.15) is 0 Å². The van der Waals surface area contributed by atoms with Crippen LogP contribution in [0.25, 0.3) is 0 Å². The predicted molar refractivity (Wildman–Crippen MR) is 104 cm³/mol. The van der Waals surface area contributed by atoms with Crippen molar-refractivity contribution in [3.63, 3.8) is 0 Å². The highest BCUT2D eigenvalue weighted by atomic mass is 16.2. The van der Waals surface area contributed by atoms with Crippen molar-refractivity contribution in [3.8, 4) is 0 Å². The smallest absolute Gasteiger partial charge is 0.231 e. The van der Waals surface area contributed by atoms with Crippen molar-refractivity contribution in [1.29, 1.82) is 0 Å². The molecule has 0 saturated heterocycles. The van der Waals surface area contributed by atoms with Crippen LogP contribution in [0.15, 0.2) is 48.5 Å². The van der Waals surface area contributed by atoms with Crippen LogP contribution >= 0.6 is 0 Å². The summed E-state index contributed by atoms with van der Waals surface area (Å²) >= 11 is 0. The standard InChI is InChI=1S/C23H24N2O2/c1-15-12-17-7-4-5-9-21(17)25(15)23(27)20-13-19(20)22(26)24-11-10-16-6-2-3-8-18(16)14-24/h2-9,15,19-20H,10-14H2,1H3. The molecule has 4 nitrogen and oxygen atoms in total. The molecule has 2 aromatic rings. The third-order valence-electron chi connectivity index (χ3n) is 6.31. The zero-order valence-corrected chi connectivity index (χ0v) is 15.6. The molecular weight excluding hydrogens is 336 g/mol. The van der Waals surface area contributed by atoms with Crippen LogP contribution in [0, 0.1) is 11.8 Å². The van der Waals surface area contributed by atoms with E-state index in [9.17, 15) is 9.59 Å². The van der Waals surface area contributed by atoms with E-state index in [-0.39, 0.29) is 29.7 Å². The summed E-state index contributed by atoms with van der Waals surface area (Å²) in [6.45, 7) is 3.53. The van der Waals surface area contributed by atoms with E-state index in [0.717, 1.165) is 25.1 Å². The molecule has 2 aliphatic heterocycles. The number of hydrogen-bond donors (Lipinski definition) is 0. The van der Waals surface area contributed by atoms with Gasteiger partial charge in [0, 0.05) is 24.8 Å². The maximum absolute atomic E-state index is 13.1. The number of rotatable bonds is 2. The van der Waals surface area contributed by atoms with Crippen molar-refractivity contribution in [2.24, 2.45) is 11.8 Å². The number of anilines is 1. The van der Waals surface area contributed by atoms with Crippen LogP contribution in [-0.4, -0.2) is 29.3 Å². The van der Waals surface area contributed by atoms with E-state index >= 15 is 0 Å². The van der Waals surface area contributed by atoms with Gasteiger partial charge in [0.15, 0.2) is 0 Å². The van der Waals surface area contributed by atoms with Crippen LogP contribution < -0.4 is 4.90 Å². The molecule has 5 rings (SSSR count). The maximum atomic E-state index is 13.1. The second-order valence-electron chi connectivity index (χ2n) is 8.12. The highest BCUT2D eigenvalue weighted by Crippen LogP contribution is 2.45. The number of benzene rings is 2. The Morgan fingerprint density at radius 2 is 1.56 bits per heavy atom. The average Bonchev–Trinajstić information content (AvgIpc) is 3.42. The fourth-order valence-electron chi connectivity index (χ4n) is 4.74. The van der Waals surface area contributed by atoms with Crippen molar-refractivity contribution in [2.75, 3.05) is 11.4 Å². The summed E-state index contributed by atoms with van der Waals surface area (Å²) in [4.78, 5) is 30.0. The minimum absolute atomic E-state index is 0.128. The summed E-state index contributed by atoms with van der Waals surface area (Å²) in [5.74, 6) is -0.00259. The van der Waals surface area contributed by atoms with Gasteiger partial charge >= 0.3 is 0 Å². The third kappa shape index (κ3) is 2.75. The molecule has 2 aromatic carbocycles. The lowest BCUT2D eigenvalue weighted by Gasteiger charge is -2.29. The lowest BCUT2D eigenvalue weighted by molar-refractivity contribution is -0.135. The first-order valence-corrected chi connectivity index (χ1v) is 9.90. The highest BCUT2D eigenvalue weighted by molar-refractivity contribution is 6.02. The summed E-state index contributed by atoms with van der Waals surface area (Å²) in [7, 11) is 0. The number of para-hydroxylation sites is 1. The van der Waals surface area contributed by atoms with Crippen molar-refractivity contribution in [1.82, 2.24) is 4.90 Å². The molecule has 4 heteroatoms. The Hall–Kier alpha value is -2.62. The highest BCUT2D eigenvalue weighted by Gasteiger charge is 2.52. The molecule has 27 heavy (non-hydrogen) atoms. The van der Waals surface area contributed by atoms with Crippen molar-refractivity contribution < 1.29 is 9.59 Å². The molecule has 0 aromatic heterocycles. The fraction of sp³-hybridized carbons (Fsp3) is 0.391. The molecule has 0 radical (unpaired) electrons. The molecule has 3 unspecified atom stereocenters. The first-order valence-electron chi connectivity index (χ1n) is 9.90. The molecule has 3 aliphatic rings. The Kier molecular flexibility index (Phi) is 3.81. The van der Waals surface area contributed by atoms with Crippen LogP contribution in [0.5, 0.6) is 0 Å². The molecule has 0 spiro atoms. The van der Waals surface area contributed by atoms with E-state index in [1.807, 2.05) is 34.1 Å². The minimum atomic E-state index is -0.150. The van der Waals surface area contributed by atoms with Gasteiger partial charge in [0.25, 0.3) is 0 Å². The van der Waals surface area contributed by atoms with Crippen LogP contribution in [0.1, 0.15) is 30.0 Å². The van der Waals surface area contributed by atoms with E-state index in [2.05, 4.69) is 31.2 Å². The van der Waals surface area contributed by atoms with E-state index in [0.29, 0.717) is 13.0 Å². The fourth-order valence-corrected chi connectivity index (χ4v) is 4.74. The maximum Gasteiger partial charge on any atom is 0.231 e. The Labute approximate surface area is 159 Å². The van der Waals surface area contributed by atoms with Crippen LogP contribution in [0.4, 0.5) is 5.69 Å². The van der Waals surface area contributed by atoms with Crippen LogP contribution in [0.2, 0.25) is 0 Å². The van der Waals surface area contributed by atoms with Gasteiger partial charge in [-0.1, -0.05) is 42.5 Å². The van der Waals surface area contributed by atoms with Crippen molar-refractivity contribution in [2.45, 2.75) is 38.8 Å². The van der Waals surface area contributed by atoms with E-state index in [1.165, 1.54) is 16.7 Å². The molecule has 2 heterocycles. The Balaban J connectivity index is 1.29. The molecule has 3 atom stereocenters. The summed E-state index contributed by atoms with van der Waals surface area (Å²) in [5.41, 5.74) is 4.84. The summed E-state index contributed by atoms with van der Waals surface area (Å²) in [6.07, 6.45) is 2.50. The normalized spacial score (nSPS) is 25.7. The monoisotopic (exact) mass is 360 g/mol. The van der Waals surface area contributed by atoms with Crippen LogP contribution in [-0.2, 0) is 29.0 Å². The number of fused-ring (bicyclic) bond motifs is 2. The summed E-state index contributed by atoms with van der Waals surface area (Å²) in [5, 5.41) is 0. The van der Waals surface area contributed by atoms with Crippen molar-refractivity contribution in [3.05, 3.63) is 65.2 Å². The molecule has 2 amide bonds. The second kappa shape index (κ2) is 6.22. The van der Waals surface area contributed by atoms with Gasteiger partial charge in [-0.15, -0.1) is 0 Å². The van der Waals surface area contributed by atoms with Gasteiger partial charge in [0.05, 0.1) is 11.8 Å². The van der Waals surface area contributed by atoms with E-state index in [4.69, 9.17) is 0 Å². The Bertz CT molecular complexity index is 922. The van der Waals surface area contributed by atoms with Crippen molar-refractivity contribution >= 4 is 17.5 Å².